The van der Waals surface area contributed by atoms with Gasteiger partial charge >= 0.3 is 0 Å². The molecule has 1 aliphatic rings. The van der Waals surface area contributed by atoms with E-state index >= 15 is 0 Å². The molecule has 60 valence electrons. The molecule has 0 aliphatic heterocycles. The lowest BCUT2D eigenvalue weighted by Gasteiger charge is -2.16. The summed E-state index contributed by atoms with van der Waals surface area (Å²) >= 11 is 0. The zero-order chi connectivity index (χ0) is 7.72. The van der Waals surface area contributed by atoms with Crippen LogP contribution in [-0.2, 0) is 0 Å². The van der Waals surface area contributed by atoms with Crippen molar-refractivity contribution in [2.24, 2.45) is 23.7 Å². The predicted molar refractivity (Wildman–Crippen MR) is 45.9 cm³/mol. The van der Waals surface area contributed by atoms with Gasteiger partial charge in [-0.05, 0) is 30.1 Å². The highest BCUT2D eigenvalue weighted by Crippen LogP contribution is 2.42. The Hall–Kier alpha value is 0. The van der Waals surface area contributed by atoms with E-state index in [-0.39, 0.29) is 0 Å². The smallest absolute Gasteiger partial charge is 0.0386 e. The second-order valence-electron chi connectivity index (χ2n) is 4.10. The third kappa shape index (κ3) is 1.21. The van der Waals surface area contributed by atoms with Gasteiger partial charge in [0.05, 0.1) is 0 Å². The molecule has 0 N–H and O–H groups in total. The molecule has 0 amide bonds. The fraction of sp³-hybridized carbons (Fsp3) is 1.00. The maximum absolute atomic E-state index is 2.42. The predicted octanol–water partition coefficient (Wildman–Crippen LogP) is 3.32. The van der Waals surface area contributed by atoms with Gasteiger partial charge in [-0.2, -0.15) is 0 Å². The summed E-state index contributed by atoms with van der Waals surface area (Å²) in [7, 11) is 0. The van der Waals surface area contributed by atoms with Crippen molar-refractivity contribution in [3.8, 4) is 0 Å². The molecule has 0 heteroatoms. The largest absolute Gasteiger partial charge is 0.0651 e. The van der Waals surface area contributed by atoms with Crippen LogP contribution in [0.1, 0.15) is 40.5 Å². The third-order valence-electron chi connectivity index (χ3n) is 3.67. The van der Waals surface area contributed by atoms with Crippen molar-refractivity contribution in [1.29, 1.82) is 0 Å². The average Bonchev–Trinajstić information content (AvgIpc) is 2.17. The Kier molecular flexibility index (Phi) is 2.38. The minimum Gasteiger partial charge on any atom is -0.0651 e. The van der Waals surface area contributed by atoms with Crippen molar-refractivity contribution in [3.05, 3.63) is 0 Å². The van der Waals surface area contributed by atoms with Gasteiger partial charge in [0.2, 0.25) is 0 Å². The molecule has 0 spiro atoms. The van der Waals surface area contributed by atoms with Gasteiger partial charge in [0.25, 0.3) is 0 Å². The van der Waals surface area contributed by atoms with E-state index < -0.39 is 0 Å². The first-order valence-corrected chi connectivity index (χ1v) is 4.66. The summed E-state index contributed by atoms with van der Waals surface area (Å²) in [6.45, 7) is 9.55. The number of hydrogen-bond acceptors (Lipinski definition) is 0. The van der Waals surface area contributed by atoms with Crippen LogP contribution < -0.4 is 0 Å². The van der Waals surface area contributed by atoms with Crippen molar-refractivity contribution in [2.45, 2.75) is 40.5 Å². The lowest BCUT2D eigenvalue weighted by atomic mass is 9.90. The Labute approximate surface area is 65.0 Å². The monoisotopic (exact) mass is 140 g/mol. The summed E-state index contributed by atoms with van der Waals surface area (Å²) in [4.78, 5) is 0. The minimum atomic E-state index is 0.963. The standard InChI is InChI=1S/C10H20/c1-5-10-6-7(2)8(3)9(10)4/h7-10H,5-6H2,1-4H3/t7?,8-,9-,10+/m1/s1. The molecule has 1 aliphatic carbocycles. The maximum Gasteiger partial charge on any atom is -0.0386 e. The molecule has 0 heterocycles. The molecule has 0 radical (unpaired) electrons. The molecule has 0 aromatic heterocycles. The number of rotatable bonds is 1. The first kappa shape index (κ1) is 8.10. The summed E-state index contributed by atoms with van der Waals surface area (Å²) < 4.78 is 0. The second-order valence-corrected chi connectivity index (χ2v) is 4.10. The van der Waals surface area contributed by atoms with Crippen LogP contribution in [0.4, 0.5) is 0 Å². The SMILES string of the molecule is CC[C@H]1CC(C)[C@@H](C)[C@H]1C. The van der Waals surface area contributed by atoms with E-state index in [1.165, 1.54) is 12.8 Å². The molecular formula is C10H20. The Balaban J connectivity index is 2.53. The van der Waals surface area contributed by atoms with E-state index in [2.05, 4.69) is 27.7 Å². The van der Waals surface area contributed by atoms with Gasteiger partial charge in [-0.3, -0.25) is 0 Å². The maximum atomic E-state index is 2.42. The summed E-state index contributed by atoms with van der Waals surface area (Å²) in [5, 5.41) is 0. The molecule has 0 aromatic carbocycles. The molecule has 0 saturated heterocycles. The van der Waals surface area contributed by atoms with Crippen molar-refractivity contribution in [2.75, 3.05) is 0 Å². The molecule has 1 rings (SSSR count). The quantitative estimate of drug-likeness (QED) is 0.524. The summed E-state index contributed by atoms with van der Waals surface area (Å²) in [5.74, 6) is 3.93. The van der Waals surface area contributed by atoms with Crippen LogP contribution in [0.3, 0.4) is 0 Å². The summed E-state index contributed by atoms with van der Waals surface area (Å²) in [6, 6.07) is 0. The first-order valence-electron chi connectivity index (χ1n) is 4.66. The second kappa shape index (κ2) is 2.94. The topological polar surface area (TPSA) is 0 Å². The van der Waals surface area contributed by atoms with Gasteiger partial charge in [-0.1, -0.05) is 34.1 Å². The van der Waals surface area contributed by atoms with E-state index in [9.17, 15) is 0 Å². The lowest BCUT2D eigenvalue weighted by molar-refractivity contribution is 0.334. The van der Waals surface area contributed by atoms with Crippen molar-refractivity contribution in [1.82, 2.24) is 0 Å². The summed E-state index contributed by atoms with van der Waals surface area (Å²) in [6.07, 6.45) is 2.86. The molecule has 10 heavy (non-hydrogen) atoms. The Bertz CT molecular complexity index is 107. The normalized spacial score (nSPS) is 48.0. The van der Waals surface area contributed by atoms with Crippen LogP contribution in [-0.4, -0.2) is 0 Å². The van der Waals surface area contributed by atoms with Crippen LogP contribution in [0.5, 0.6) is 0 Å². The zero-order valence-corrected chi connectivity index (χ0v) is 7.72. The highest BCUT2D eigenvalue weighted by Gasteiger charge is 2.33. The van der Waals surface area contributed by atoms with Crippen molar-refractivity contribution >= 4 is 0 Å². The zero-order valence-electron chi connectivity index (χ0n) is 7.72. The first-order chi connectivity index (χ1) is 4.66. The highest BCUT2D eigenvalue weighted by atomic mass is 14.4. The molecule has 4 atom stereocenters. The van der Waals surface area contributed by atoms with Gasteiger partial charge in [0.15, 0.2) is 0 Å². The minimum absolute atomic E-state index is 0.963. The van der Waals surface area contributed by atoms with E-state index in [1.54, 1.807) is 0 Å². The number of hydrogen-bond donors (Lipinski definition) is 0. The molecule has 1 fully saturated rings. The van der Waals surface area contributed by atoms with Gasteiger partial charge in [-0.25, -0.2) is 0 Å². The van der Waals surface area contributed by atoms with E-state index in [0.29, 0.717) is 0 Å². The fourth-order valence-electron chi connectivity index (χ4n) is 2.39. The summed E-state index contributed by atoms with van der Waals surface area (Å²) in [5.41, 5.74) is 0. The molecule has 0 nitrogen and oxygen atoms in total. The molecule has 0 bridgehead atoms. The van der Waals surface area contributed by atoms with E-state index in [1.807, 2.05) is 0 Å². The highest BCUT2D eigenvalue weighted by molar-refractivity contribution is 4.83. The average molecular weight is 140 g/mol. The van der Waals surface area contributed by atoms with Gasteiger partial charge in [-0.15, -0.1) is 0 Å². The Morgan fingerprint density at radius 2 is 1.70 bits per heavy atom. The van der Waals surface area contributed by atoms with Crippen LogP contribution in [0, 0.1) is 23.7 Å². The van der Waals surface area contributed by atoms with Crippen molar-refractivity contribution in [3.63, 3.8) is 0 Å². The third-order valence-corrected chi connectivity index (χ3v) is 3.67. The van der Waals surface area contributed by atoms with Crippen LogP contribution in [0.25, 0.3) is 0 Å². The molecular weight excluding hydrogens is 120 g/mol. The molecule has 0 aromatic rings. The Morgan fingerprint density at radius 1 is 1.10 bits per heavy atom. The lowest BCUT2D eigenvalue weighted by Crippen LogP contribution is -2.08. The molecule has 1 unspecified atom stereocenters. The van der Waals surface area contributed by atoms with Gasteiger partial charge < -0.3 is 0 Å². The Morgan fingerprint density at radius 3 is 1.90 bits per heavy atom. The van der Waals surface area contributed by atoms with Gasteiger partial charge in [0.1, 0.15) is 0 Å². The molecule has 1 saturated carbocycles. The van der Waals surface area contributed by atoms with Crippen molar-refractivity contribution < 1.29 is 0 Å². The van der Waals surface area contributed by atoms with Gasteiger partial charge in [0, 0.05) is 0 Å². The van der Waals surface area contributed by atoms with E-state index in [4.69, 9.17) is 0 Å². The van der Waals surface area contributed by atoms with Crippen LogP contribution >= 0.6 is 0 Å². The van der Waals surface area contributed by atoms with E-state index in [0.717, 1.165) is 23.7 Å². The van der Waals surface area contributed by atoms with Crippen LogP contribution in [0.2, 0.25) is 0 Å². The fourth-order valence-corrected chi connectivity index (χ4v) is 2.39. The van der Waals surface area contributed by atoms with Crippen LogP contribution in [0.15, 0.2) is 0 Å².